The molecule has 0 radical (unpaired) electrons. The fourth-order valence-corrected chi connectivity index (χ4v) is 4.09. The normalized spacial score (nSPS) is 13.7. The quantitative estimate of drug-likeness (QED) is 0.473. The molecule has 10 heteroatoms. The smallest absolute Gasteiger partial charge is 0.270 e. The van der Waals surface area contributed by atoms with Crippen molar-refractivity contribution < 1.29 is 18.8 Å². The highest BCUT2D eigenvalue weighted by atomic mass is 19.1. The molecule has 3 amide bonds. The summed E-state index contributed by atoms with van der Waals surface area (Å²) in [6.45, 7) is 5.39. The topological polar surface area (TPSA) is 108 Å². The Morgan fingerprint density at radius 3 is 1.97 bits per heavy atom. The average Bonchev–Trinajstić information content (AvgIpc) is 2.93. The monoisotopic (exact) mass is 518 g/mol. The van der Waals surface area contributed by atoms with Gasteiger partial charge in [-0.1, -0.05) is 36.4 Å². The highest BCUT2D eigenvalue weighted by Gasteiger charge is 2.19. The minimum absolute atomic E-state index is 0.0540. The molecule has 0 unspecified atom stereocenters. The Labute approximate surface area is 221 Å². The molecule has 3 aromatic rings. The highest BCUT2D eigenvalue weighted by molar-refractivity contribution is 5.97. The zero-order valence-electron chi connectivity index (χ0n) is 21.5. The maximum absolute atomic E-state index is 13.4. The first-order valence-electron chi connectivity index (χ1n) is 12.5. The van der Waals surface area contributed by atoms with Gasteiger partial charge in [0.25, 0.3) is 11.8 Å². The third-order valence-corrected chi connectivity index (χ3v) is 6.50. The second kappa shape index (κ2) is 12.4. The third-order valence-electron chi connectivity index (χ3n) is 6.50. The molecule has 0 aliphatic carbocycles. The number of aromatic nitrogens is 2. The largest absolute Gasteiger partial charge is 0.347 e. The molecule has 2 heterocycles. The predicted molar refractivity (Wildman–Crippen MR) is 140 cm³/mol. The molecule has 198 valence electrons. The first-order valence-corrected chi connectivity index (χ1v) is 12.5. The number of hydrogen-bond acceptors (Lipinski definition) is 6. The van der Waals surface area contributed by atoms with Gasteiger partial charge < -0.3 is 20.4 Å². The van der Waals surface area contributed by atoms with E-state index in [9.17, 15) is 18.8 Å². The van der Waals surface area contributed by atoms with E-state index in [-0.39, 0.29) is 36.2 Å². The molecule has 1 fully saturated rings. The van der Waals surface area contributed by atoms with Crippen LogP contribution in [-0.2, 0) is 24.3 Å². The van der Waals surface area contributed by atoms with Gasteiger partial charge in [0.05, 0.1) is 6.42 Å². The predicted octanol–water partition coefficient (Wildman–Crippen LogP) is 2.10. The number of halogens is 1. The van der Waals surface area contributed by atoms with Gasteiger partial charge in [-0.2, -0.15) is 0 Å². The molecule has 1 saturated heterocycles. The van der Waals surface area contributed by atoms with Crippen molar-refractivity contribution in [2.45, 2.75) is 26.4 Å². The maximum atomic E-state index is 13.4. The Morgan fingerprint density at radius 1 is 0.816 bits per heavy atom. The summed E-state index contributed by atoms with van der Waals surface area (Å²) in [6.07, 6.45) is 1.51. The fraction of sp³-hybridized carbons (Fsp3) is 0.321. The molecule has 9 nitrogen and oxygen atoms in total. The fourth-order valence-electron chi connectivity index (χ4n) is 4.09. The van der Waals surface area contributed by atoms with Crippen LogP contribution in [0, 0.1) is 12.7 Å². The number of nitrogens with one attached hydrogen (secondary N) is 2. The summed E-state index contributed by atoms with van der Waals surface area (Å²) in [4.78, 5) is 49.7. The van der Waals surface area contributed by atoms with Crippen LogP contribution in [0.4, 0.5) is 4.39 Å². The molecule has 1 aliphatic rings. The van der Waals surface area contributed by atoms with Gasteiger partial charge in [0.1, 0.15) is 23.5 Å². The van der Waals surface area contributed by atoms with Crippen LogP contribution in [-0.4, -0.2) is 70.7 Å². The highest BCUT2D eigenvalue weighted by Crippen LogP contribution is 2.11. The molecule has 2 N–H and O–H groups in total. The number of amides is 3. The van der Waals surface area contributed by atoms with Crippen molar-refractivity contribution in [1.82, 2.24) is 30.4 Å². The number of nitrogens with zero attached hydrogens (tertiary/aromatic N) is 4. The van der Waals surface area contributed by atoms with Gasteiger partial charge in [-0.25, -0.2) is 14.4 Å². The van der Waals surface area contributed by atoms with E-state index in [4.69, 9.17) is 0 Å². The van der Waals surface area contributed by atoms with Crippen LogP contribution >= 0.6 is 0 Å². The number of likely N-dealkylation sites (N-methyl/N-ethyl adjacent to an activating group) is 1. The van der Waals surface area contributed by atoms with E-state index in [0.717, 1.165) is 49.2 Å². The lowest BCUT2D eigenvalue weighted by molar-refractivity contribution is -0.132. The summed E-state index contributed by atoms with van der Waals surface area (Å²) in [5, 5.41) is 5.51. The second-order valence-electron chi connectivity index (χ2n) is 9.41. The average molecular weight is 519 g/mol. The molecule has 2 aromatic carbocycles. The molecular formula is C28H31FN6O3. The molecule has 0 saturated carbocycles. The summed E-state index contributed by atoms with van der Waals surface area (Å²) >= 11 is 0. The van der Waals surface area contributed by atoms with E-state index in [1.54, 1.807) is 19.1 Å². The molecular weight excluding hydrogens is 487 g/mol. The summed E-state index contributed by atoms with van der Waals surface area (Å²) in [5.74, 6) is -1.09. The summed E-state index contributed by atoms with van der Waals surface area (Å²) in [6, 6.07) is 13.5. The van der Waals surface area contributed by atoms with Gasteiger partial charge in [-0.3, -0.25) is 14.4 Å². The summed E-state index contributed by atoms with van der Waals surface area (Å²) < 4.78 is 13.4. The SMILES string of the molecule is Cc1cc(CNC(=O)c2cc(C(=O)NCc3ccc(CC(=O)N4CCN(C)CC4)cc3)ncn2)ccc1F. The Balaban J connectivity index is 1.27. The maximum Gasteiger partial charge on any atom is 0.270 e. The van der Waals surface area contributed by atoms with E-state index < -0.39 is 11.8 Å². The van der Waals surface area contributed by atoms with Gasteiger partial charge in [-0.15, -0.1) is 0 Å². The van der Waals surface area contributed by atoms with Crippen molar-refractivity contribution >= 4 is 17.7 Å². The number of rotatable bonds is 8. The number of benzene rings is 2. The van der Waals surface area contributed by atoms with Crippen LogP contribution in [0.15, 0.2) is 54.9 Å². The third kappa shape index (κ3) is 7.19. The van der Waals surface area contributed by atoms with Gasteiger partial charge in [-0.05, 0) is 42.3 Å². The summed E-state index contributed by atoms with van der Waals surface area (Å²) in [7, 11) is 2.05. The van der Waals surface area contributed by atoms with Gasteiger partial charge >= 0.3 is 0 Å². The second-order valence-corrected chi connectivity index (χ2v) is 9.41. The van der Waals surface area contributed by atoms with Crippen molar-refractivity contribution in [3.05, 3.63) is 94.3 Å². The first-order chi connectivity index (χ1) is 18.3. The molecule has 38 heavy (non-hydrogen) atoms. The number of aryl methyl sites for hydroxylation is 1. The lowest BCUT2D eigenvalue weighted by Gasteiger charge is -2.32. The number of carbonyl (C=O) groups is 3. The molecule has 1 aliphatic heterocycles. The van der Waals surface area contributed by atoms with Crippen LogP contribution in [0.25, 0.3) is 0 Å². The zero-order valence-corrected chi connectivity index (χ0v) is 21.5. The van der Waals surface area contributed by atoms with E-state index in [0.29, 0.717) is 12.0 Å². The van der Waals surface area contributed by atoms with E-state index in [1.807, 2.05) is 29.2 Å². The van der Waals surface area contributed by atoms with E-state index in [2.05, 4.69) is 32.5 Å². The lowest BCUT2D eigenvalue weighted by Crippen LogP contribution is -2.47. The minimum Gasteiger partial charge on any atom is -0.347 e. The first kappa shape index (κ1) is 26.9. The van der Waals surface area contributed by atoms with Crippen LogP contribution in [0.5, 0.6) is 0 Å². The lowest BCUT2D eigenvalue weighted by atomic mass is 10.1. The van der Waals surface area contributed by atoms with Crippen LogP contribution in [0.1, 0.15) is 43.2 Å². The van der Waals surface area contributed by atoms with E-state index in [1.165, 1.54) is 12.1 Å². The van der Waals surface area contributed by atoms with Gasteiger partial charge in [0.15, 0.2) is 0 Å². The Morgan fingerprint density at radius 2 is 1.37 bits per heavy atom. The van der Waals surface area contributed by atoms with Gasteiger partial charge in [0.2, 0.25) is 5.91 Å². The molecule has 0 spiro atoms. The van der Waals surface area contributed by atoms with Gasteiger partial charge in [0, 0.05) is 45.3 Å². The van der Waals surface area contributed by atoms with Crippen molar-refractivity contribution in [1.29, 1.82) is 0 Å². The van der Waals surface area contributed by atoms with Crippen LogP contribution in [0.2, 0.25) is 0 Å². The van der Waals surface area contributed by atoms with Crippen molar-refractivity contribution in [2.75, 3.05) is 33.2 Å². The van der Waals surface area contributed by atoms with Crippen LogP contribution in [0.3, 0.4) is 0 Å². The molecule has 0 bridgehead atoms. The van der Waals surface area contributed by atoms with Crippen LogP contribution < -0.4 is 10.6 Å². The molecule has 1 aromatic heterocycles. The van der Waals surface area contributed by atoms with Crippen molar-refractivity contribution in [3.8, 4) is 0 Å². The standard InChI is InChI=1S/C28H31FN6O3/c1-19-13-22(7-8-23(19)29)17-31-28(38)25-15-24(32-18-33-25)27(37)30-16-21-5-3-20(4-6-21)14-26(36)35-11-9-34(2)10-12-35/h3-8,13,15,18H,9-12,14,16-17H2,1-2H3,(H,30,37)(H,31,38). The Hall–Kier alpha value is -4.18. The van der Waals surface area contributed by atoms with Crippen molar-refractivity contribution in [3.63, 3.8) is 0 Å². The Bertz CT molecular complexity index is 1310. The van der Waals surface area contributed by atoms with Crippen molar-refractivity contribution in [2.24, 2.45) is 0 Å². The van der Waals surface area contributed by atoms with E-state index >= 15 is 0 Å². The molecule has 0 atom stereocenters. The Kier molecular flexibility index (Phi) is 8.75. The number of carbonyl (C=O) groups excluding carboxylic acids is 3. The zero-order chi connectivity index (χ0) is 27.1. The number of hydrogen-bond donors (Lipinski definition) is 2. The minimum atomic E-state index is -0.467. The number of piperazine rings is 1. The molecule has 4 rings (SSSR count). The summed E-state index contributed by atoms with van der Waals surface area (Å²) in [5.41, 5.74) is 3.16.